The molecule has 0 aromatic heterocycles. The van der Waals surface area contributed by atoms with E-state index >= 15 is 0 Å². The van der Waals surface area contributed by atoms with Gasteiger partial charge in [0.15, 0.2) is 0 Å². The molecule has 0 saturated carbocycles. The van der Waals surface area contributed by atoms with Crippen molar-refractivity contribution in [1.82, 2.24) is 5.01 Å². The predicted molar refractivity (Wildman–Crippen MR) is 119 cm³/mol. The molecule has 156 valence electrons. The van der Waals surface area contributed by atoms with Gasteiger partial charge in [0.2, 0.25) is 0 Å². The summed E-state index contributed by atoms with van der Waals surface area (Å²) in [5.74, 6) is 1.55. The van der Waals surface area contributed by atoms with Crippen LogP contribution in [0.25, 0.3) is 5.70 Å². The maximum atomic E-state index is 5.86. The van der Waals surface area contributed by atoms with E-state index in [1.165, 1.54) is 43.4 Å². The molecule has 4 nitrogen and oxygen atoms in total. The first-order valence-electron chi connectivity index (χ1n) is 11.1. The molecule has 0 N–H and O–H groups in total. The Morgan fingerprint density at radius 3 is 2.61 bits per heavy atom. The number of nitrogens with zero attached hydrogens (tertiary/aromatic N) is 2. The van der Waals surface area contributed by atoms with Gasteiger partial charge in [0.25, 0.3) is 0 Å². The van der Waals surface area contributed by atoms with Crippen LogP contribution in [-0.4, -0.2) is 37.6 Å². The van der Waals surface area contributed by atoms with Crippen LogP contribution in [0.4, 0.5) is 0 Å². The summed E-state index contributed by atoms with van der Waals surface area (Å²) in [5, 5.41) is 6.74. The lowest BCUT2D eigenvalue weighted by Crippen LogP contribution is -2.20. The molecular weight excluding hydrogens is 348 g/mol. The molecule has 1 atom stereocenters. The summed E-state index contributed by atoms with van der Waals surface area (Å²) in [6.07, 6.45) is 12.2. The van der Waals surface area contributed by atoms with Gasteiger partial charge in [-0.3, -0.25) is 5.01 Å². The standard InChI is InChI=1S/C24H38N2O2/c1-4-6-7-8-17-26-24(11-9-16-25-26)22-12-14-23(15-13-22)28-19-10-18-27-20-21(3)5-2/h11-16,21H,4-10,17-20H2,1-3H3/t21-/m0/s1. The zero-order valence-corrected chi connectivity index (χ0v) is 18.0. The average Bonchev–Trinajstić information content (AvgIpc) is 2.74. The van der Waals surface area contributed by atoms with Crippen LogP contribution >= 0.6 is 0 Å². The van der Waals surface area contributed by atoms with E-state index in [-0.39, 0.29) is 0 Å². The van der Waals surface area contributed by atoms with E-state index in [1.807, 2.05) is 6.21 Å². The summed E-state index contributed by atoms with van der Waals surface area (Å²) in [6, 6.07) is 8.40. The first kappa shape index (κ1) is 22.5. The second kappa shape index (κ2) is 13.4. The highest BCUT2D eigenvalue weighted by Crippen LogP contribution is 2.25. The van der Waals surface area contributed by atoms with Crippen LogP contribution in [0.15, 0.2) is 35.4 Å². The van der Waals surface area contributed by atoms with E-state index in [0.717, 1.165) is 38.3 Å². The molecule has 2 rings (SSSR count). The third-order valence-corrected chi connectivity index (χ3v) is 5.09. The molecule has 0 amide bonds. The van der Waals surface area contributed by atoms with Gasteiger partial charge in [0.1, 0.15) is 5.75 Å². The molecule has 4 heteroatoms. The highest BCUT2D eigenvalue weighted by Gasteiger charge is 2.13. The fourth-order valence-corrected chi connectivity index (χ4v) is 3.09. The predicted octanol–water partition coefficient (Wildman–Crippen LogP) is 6.13. The number of rotatable bonds is 14. The molecule has 28 heavy (non-hydrogen) atoms. The maximum absolute atomic E-state index is 5.86. The van der Waals surface area contributed by atoms with Gasteiger partial charge in [-0.15, -0.1) is 0 Å². The molecule has 0 saturated heterocycles. The first-order valence-corrected chi connectivity index (χ1v) is 11.1. The summed E-state index contributed by atoms with van der Waals surface area (Å²) in [5.41, 5.74) is 2.42. The Morgan fingerprint density at radius 1 is 1.04 bits per heavy atom. The second-order valence-corrected chi connectivity index (χ2v) is 7.62. The minimum Gasteiger partial charge on any atom is -0.494 e. The third-order valence-electron chi connectivity index (χ3n) is 5.09. The molecule has 0 spiro atoms. The molecule has 1 aliphatic heterocycles. The van der Waals surface area contributed by atoms with Crippen LogP contribution in [0.1, 0.15) is 71.3 Å². The lowest BCUT2D eigenvalue weighted by atomic mass is 10.1. The van der Waals surface area contributed by atoms with Gasteiger partial charge in [0, 0.05) is 38.8 Å². The molecule has 0 fully saturated rings. The van der Waals surface area contributed by atoms with Crippen molar-refractivity contribution in [3.05, 3.63) is 35.9 Å². The van der Waals surface area contributed by atoms with E-state index in [0.29, 0.717) is 12.5 Å². The highest BCUT2D eigenvalue weighted by molar-refractivity contribution is 5.73. The van der Waals surface area contributed by atoms with Crippen molar-refractivity contribution in [2.24, 2.45) is 11.0 Å². The van der Waals surface area contributed by atoms with Crippen molar-refractivity contribution in [2.45, 2.75) is 65.7 Å². The van der Waals surface area contributed by atoms with Gasteiger partial charge >= 0.3 is 0 Å². The lowest BCUT2D eigenvalue weighted by molar-refractivity contribution is 0.0926. The Morgan fingerprint density at radius 2 is 1.86 bits per heavy atom. The molecule has 0 aliphatic carbocycles. The van der Waals surface area contributed by atoms with Crippen LogP contribution in [0.2, 0.25) is 0 Å². The second-order valence-electron chi connectivity index (χ2n) is 7.62. The highest BCUT2D eigenvalue weighted by atomic mass is 16.5. The number of benzene rings is 1. The molecule has 1 heterocycles. The van der Waals surface area contributed by atoms with Crippen LogP contribution in [0, 0.1) is 5.92 Å². The van der Waals surface area contributed by atoms with Crippen molar-refractivity contribution in [2.75, 3.05) is 26.4 Å². The Bertz CT molecular complexity index is 595. The molecular formula is C24H38N2O2. The van der Waals surface area contributed by atoms with Crippen LogP contribution < -0.4 is 4.74 Å². The van der Waals surface area contributed by atoms with Crippen molar-refractivity contribution < 1.29 is 9.47 Å². The summed E-state index contributed by atoms with van der Waals surface area (Å²) in [4.78, 5) is 0. The maximum Gasteiger partial charge on any atom is 0.119 e. The molecule has 0 unspecified atom stereocenters. The van der Waals surface area contributed by atoms with Crippen LogP contribution in [0.5, 0.6) is 5.75 Å². The Balaban J connectivity index is 1.75. The monoisotopic (exact) mass is 386 g/mol. The Labute approximate surface area is 171 Å². The van der Waals surface area contributed by atoms with E-state index < -0.39 is 0 Å². The fourth-order valence-electron chi connectivity index (χ4n) is 3.09. The van der Waals surface area contributed by atoms with Gasteiger partial charge in [-0.05, 0) is 42.2 Å². The largest absolute Gasteiger partial charge is 0.494 e. The minimum absolute atomic E-state index is 0.637. The topological polar surface area (TPSA) is 34.1 Å². The van der Waals surface area contributed by atoms with Crippen molar-refractivity contribution >= 4 is 11.9 Å². The number of hydrogen-bond acceptors (Lipinski definition) is 4. The first-order chi connectivity index (χ1) is 13.7. The van der Waals surface area contributed by atoms with E-state index in [2.05, 4.69) is 61.2 Å². The van der Waals surface area contributed by atoms with Crippen molar-refractivity contribution in [1.29, 1.82) is 0 Å². The zero-order chi connectivity index (χ0) is 20.0. The normalized spacial score (nSPS) is 14.8. The molecule has 1 aromatic rings. The van der Waals surface area contributed by atoms with E-state index in [4.69, 9.17) is 9.47 Å². The summed E-state index contributed by atoms with van der Waals surface area (Å²) in [6.45, 7) is 9.94. The van der Waals surface area contributed by atoms with Crippen LogP contribution in [-0.2, 0) is 4.74 Å². The van der Waals surface area contributed by atoms with E-state index in [1.54, 1.807) is 0 Å². The number of ether oxygens (including phenoxy) is 2. The third kappa shape index (κ3) is 8.05. The summed E-state index contributed by atoms with van der Waals surface area (Å²) < 4.78 is 11.5. The lowest BCUT2D eigenvalue weighted by Gasteiger charge is -2.25. The van der Waals surface area contributed by atoms with Gasteiger partial charge < -0.3 is 9.47 Å². The van der Waals surface area contributed by atoms with Crippen LogP contribution in [0.3, 0.4) is 0 Å². The number of hydrogen-bond donors (Lipinski definition) is 0. The molecule has 1 aliphatic rings. The SMILES string of the molecule is CCCCCCN1N=CCC=C1c1ccc(OCCCOC[C@@H](C)CC)cc1. The van der Waals surface area contributed by atoms with Gasteiger partial charge in [-0.25, -0.2) is 0 Å². The molecule has 1 aromatic carbocycles. The number of allylic oxidation sites excluding steroid dienone is 1. The van der Waals surface area contributed by atoms with Crippen molar-refractivity contribution in [3.8, 4) is 5.75 Å². The smallest absolute Gasteiger partial charge is 0.119 e. The summed E-state index contributed by atoms with van der Waals surface area (Å²) in [7, 11) is 0. The van der Waals surface area contributed by atoms with Gasteiger partial charge in [0.05, 0.1) is 12.3 Å². The average molecular weight is 387 g/mol. The van der Waals surface area contributed by atoms with Crippen molar-refractivity contribution in [3.63, 3.8) is 0 Å². The van der Waals surface area contributed by atoms with Gasteiger partial charge in [-0.1, -0.05) is 52.5 Å². The molecule has 0 radical (unpaired) electrons. The quantitative estimate of drug-likeness (QED) is 0.361. The number of hydrazone groups is 1. The molecule has 0 bridgehead atoms. The Kier molecular flexibility index (Phi) is 10.7. The van der Waals surface area contributed by atoms with E-state index in [9.17, 15) is 0 Å². The van der Waals surface area contributed by atoms with Gasteiger partial charge in [-0.2, -0.15) is 5.10 Å². The minimum atomic E-state index is 0.637. The Hall–Kier alpha value is -1.81. The zero-order valence-electron chi connectivity index (χ0n) is 18.0. The number of unbranched alkanes of at least 4 members (excludes halogenated alkanes) is 3. The summed E-state index contributed by atoms with van der Waals surface area (Å²) >= 11 is 0. The fraction of sp³-hybridized carbons (Fsp3) is 0.625.